The third kappa shape index (κ3) is 40.8. The molecule has 0 radical (unpaired) electrons. The minimum absolute atomic E-state index is 0.0325. The first-order chi connectivity index (χ1) is 49.3. The fourth-order valence-corrected chi connectivity index (χ4v) is 14.4. The molecule has 0 amide bonds. The Labute approximate surface area is 612 Å². The van der Waals surface area contributed by atoms with Gasteiger partial charge in [-0.3, -0.25) is 23.4 Å². The molecule has 2 heterocycles. The van der Waals surface area contributed by atoms with E-state index in [1.807, 2.05) is 0 Å². The van der Waals surface area contributed by atoms with Crippen molar-refractivity contribution in [2.45, 2.75) is 433 Å². The second-order valence-electron chi connectivity index (χ2n) is 29.1. The molecule has 3 aliphatic rings. The average molecular weight is 1480 g/mol. The van der Waals surface area contributed by atoms with Gasteiger partial charge in [-0.1, -0.05) is 277 Å². The zero-order chi connectivity index (χ0) is 74.6. The SMILES string of the molecule is CCCCCCCC/C=C\CCCCCC(=O)OC(COC(=O)CCCCCCCCCCCCCCCCCCC)COP(=O)(O)OC1C(OC2OC(CO)C(O)C(O)C2O)C(O)C(O)C(O)C1OC1OC(COC(=O)CCCCCCCCCCCCCCCCCCC)C(O)C(O)C1O. The van der Waals surface area contributed by atoms with Crippen molar-refractivity contribution in [2.75, 3.05) is 26.4 Å². The quantitative estimate of drug-likeness (QED) is 0.00886. The van der Waals surface area contributed by atoms with Crippen molar-refractivity contribution in [3.05, 3.63) is 12.2 Å². The van der Waals surface area contributed by atoms with Crippen LogP contribution in [-0.2, 0) is 61.2 Å². The number of hydrogen-bond donors (Lipinski definition) is 11. The van der Waals surface area contributed by atoms with Gasteiger partial charge in [0.15, 0.2) is 18.7 Å². The highest BCUT2D eigenvalue weighted by Gasteiger charge is 2.58. The molecule has 0 aromatic heterocycles. The monoisotopic (exact) mass is 1480 g/mol. The standard InChI is InChI=1S/C77H143O24P/c1-4-7-10-13-16-19-22-25-27-29-31-34-36-39-42-45-48-51-61(79)93-55-58(96-63(81)53-50-47-44-41-38-33-24-21-18-15-12-9-6-3)56-95-102(91,92)101-75-73(99-76-71(89)66(84)64(82)59(54-78)97-76)69(87)68(86)70(88)74(75)100-77-72(90)67(85)65(83)60(98-77)57-94-62(80)52-49-46-43-40-37-35-32-30-28-26-23-20-17-14-11-8-5-2/h33,38,58-60,64-78,82-90H,4-32,34-37,39-57H2,1-3H3,(H,91,92)/b38-33-. The summed E-state index contributed by atoms with van der Waals surface area (Å²) in [5, 5.41) is 110. The Morgan fingerprint density at radius 1 is 0.373 bits per heavy atom. The van der Waals surface area contributed by atoms with Crippen LogP contribution in [0.4, 0.5) is 0 Å². The lowest BCUT2D eigenvalue weighted by Gasteiger charge is -2.49. The Bertz CT molecular complexity index is 2150. The number of carbonyl (C=O) groups is 3. The zero-order valence-corrected chi connectivity index (χ0v) is 63.8. The van der Waals surface area contributed by atoms with Gasteiger partial charge in [0.05, 0.1) is 13.2 Å². The smallest absolute Gasteiger partial charge is 0.463 e. The van der Waals surface area contributed by atoms with Gasteiger partial charge in [0.2, 0.25) is 0 Å². The van der Waals surface area contributed by atoms with E-state index < -0.39 is 156 Å². The Hall–Kier alpha value is -2.30. The van der Waals surface area contributed by atoms with Gasteiger partial charge < -0.3 is 89.1 Å². The number of phosphoric ester groups is 1. The second-order valence-corrected chi connectivity index (χ2v) is 30.5. The van der Waals surface area contributed by atoms with Crippen LogP contribution in [0.1, 0.15) is 329 Å². The van der Waals surface area contributed by atoms with E-state index in [0.717, 1.165) is 83.5 Å². The van der Waals surface area contributed by atoms with E-state index in [2.05, 4.69) is 32.9 Å². The maximum Gasteiger partial charge on any atom is 0.472 e. The van der Waals surface area contributed by atoms with Crippen LogP contribution in [0.15, 0.2) is 12.2 Å². The lowest BCUT2D eigenvalue weighted by atomic mass is 9.84. The molecular weight excluding hydrogens is 1340 g/mol. The van der Waals surface area contributed by atoms with E-state index >= 15 is 0 Å². The van der Waals surface area contributed by atoms with E-state index in [1.165, 1.54) is 180 Å². The Balaban J connectivity index is 1.69. The lowest BCUT2D eigenvalue weighted by molar-refractivity contribution is -0.360. The predicted octanol–water partition coefficient (Wildman–Crippen LogP) is 12.3. The highest BCUT2D eigenvalue weighted by Crippen LogP contribution is 2.49. The molecule has 1 aliphatic carbocycles. The number of aliphatic hydroxyl groups excluding tert-OH is 10. The molecule has 102 heavy (non-hydrogen) atoms. The first-order valence-corrected chi connectivity index (χ1v) is 42.0. The summed E-state index contributed by atoms with van der Waals surface area (Å²) in [6.45, 7) is 3.47. The van der Waals surface area contributed by atoms with Crippen LogP contribution in [0.3, 0.4) is 0 Å². The van der Waals surface area contributed by atoms with Gasteiger partial charge in [0.1, 0.15) is 98.7 Å². The molecule has 2 aliphatic heterocycles. The van der Waals surface area contributed by atoms with Crippen LogP contribution < -0.4 is 0 Å². The van der Waals surface area contributed by atoms with Crippen molar-refractivity contribution in [1.82, 2.24) is 0 Å². The summed E-state index contributed by atoms with van der Waals surface area (Å²) >= 11 is 0. The summed E-state index contributed by atoms with van der Waals surface area (Å²) in [7, 11) is -5.70. The Kier molecular flexibility index (Phi) is 54.0. The van der Waals surface area contributed by atoms with Crippen LogP contribution in [0.2, 0.25) is 0 Å². The molecule has 0 aromatic rings. The number of phosphoric acid groups is 1. The number of allylic oxidation sites excluding steroid dienone is 2. The van der Waals surface area contributed by atoms with E-state index in [9.17, 15) is 74.9 Å². The molecular formula is C77H143O24P. The van der Waals surface area contributed by atoms with Gasteiger partial charge in [0, 0.05) is 19.3 Å². The van der Waals surface area contributed by atoms with Crippen molar-refractivity contribution in [3.63, 3.8) is 0 Å². The summed E-state index contributed by atoms with van der Waals surface area (Å²) in [5.41, 5.74) is 0. The lowest BCUT2D eigenvalue weighted by Crippen LogP contribution is -2.69. The number of ether oxygens (including phenoxy) is 7. The number of hydrogen-bond acceptors (Lipinski definition) is 23. The molecule has 1 saturated carbocycles. The summed E-state index contributed by atoms with van der Waals surface area (Å²) in [5.74, 6) is -1.99. The molecule has 2 saturated heterocycles. The summed E-state index contributed by atoms with van der Waals surface area (Å²) in [6.07, 6.45) is 19.7. The van der Waals surface area contributed by atoms with Gasteiger partial charge in [0.25, 0.3) is 0 Å². The molecule has 18 unspecified atom stereocenters. The maximum absolute atomic E-state index is 14.4. The number of carbonyl (C=O) groups excluding carboxylic acids is 3. The van der Waals surface area contributed by atoms with Gasteiger partial charge in [-0.15, -0.1) is 0 Å². The topological polar surface area (TPSA) is 374 Å². The zero-order valence-electron chi connectivity index (χ0n) is 62.9. The van der Waals surface area contributed by atoms with Crippen LogP contribution in [0.5, 0.6) is 0 Å². The normalized spacial score (nSPS) is 27.0. The molecule has 25 heteroatoms. The number of esters is 3. The molecule has 0 bridgehead atoms. The minimum atomic E-state index is -5.70. The molecule has 11 N–H and O–H groups in total. The van der Waals surface area contributed by atoms with E-state index in [4.69, 9.17) is 42.2 Å². The second kappa shape index (κ2) is 58.7. The minimum Gasteiger partial charge on any atom is -0.463 e. The van der Waals surface area contributed by atoms with Gasteiger partial charge >= 0.3 is 25.7 Å². The Morgan fingerprint density at radius 3 is 1.07 bits per heavy atom. The molecule has 3 fully saturated rings. The highest BCUT2D eigenvalue weighted by molar-refractivity contribution is 7.47. The van der Waals surface area contributed by atoms with Crippen molar-refractivity contribution in [2.24, 2.45) is 0 Å². The van der Waals surface area contributed by atoms with Crippen molar-refractivity contribution < 1.29 is 117 Å². The summed E-state index contributed by atoms with van der Waals surface area (Å²) in [6, 6.07) is 0. The van der Waals surface area contributed by atoms with Crippen molar-refractivity contribution in [1.29, 1.82) is 0 Å². The van der Waals surface area contributed by atoms with E-state index in [1.54, 1.807) is 0 Å². The molecule has 0 spiro atoms. The molecule has 18 atom stereocenters. The van der Waals surface area contributed by atoms with E-state index in [0.29, 0.717) is 25.7 Å². The van der Waals surface area contributed by atoms with E-state index in [-0.39, 0.29) is 19.3 Å². The number of aliphatic hydroxyl groups is 10. The van der Waals surface area contributed by atoms with Crippen molar-refractivity contribution in [3.8, 4) is 0 Å². The molecule has 0 aromatic carbocycles. The first-order valence-electron chi connectivity index (χ1n) is 40.5. The van der Waals surface area contributed by atoms with Crippen LogP contribution in [-0.4, -0.2) is 204 Å². The van der Waals surface area contributed by atoms with Gasteiger partial charge in [-0.25, -0.2) is 4.57 Å². The first kappa shape index (κ1) is 93.9. The number of unbranched alkanes of at least 4 members (excludes halogenated alkanes) is 41. The van der Waals surface area contributed by atoms with Gasteiger partial charge in [-0.2, -0.15) is 0 Å². The predicted molar refractivity (Wildman–Crippen MR) is 388 cm³/mol. The van der Waals surface area contributed by atoms with Gasteiger partial charge in [-0.05, 0) is 44.9 Å². The fourth-order valence-electron chi connectivity index (χ4n) is 13.5. The van der Waals surface area contributed by atoms with Crippen LogP contribution >= 0.6 is 7.82 Å². The third-order valence-corrected chi connectivity index (χ3v) is 21.0. The summed E-state index contributed by atoms with van der Waals surface area (Å²) in [4.78, 5) is 51.1. The average Bonchev–Trinajstić information content (AvgIpc) is 0.761. The largest absolute Gasteiger partial charge is 0.472 e. The Morgan fingerprint density at radius 2 is 0.686 bits per heavy atom. The molecule has 3 rings (SSSR count). The van der Waals surface area contributed by atoms with Crippen LogP contribution in [0, 0.1) is 0 Å². The fraction of sp³-hybridized carbons (Fsp3) is 0.935. The van der Waals surface area contributed by atoms with Crippen LogP contribution in [0.25, 0.3) is 0 Å². The molecule has 600 valence electrons. The third-order valence-electron chi connectivity index (χ3n) is 20.0. The molecule has 24 nitrogen and oxygen atoms in total. The number of rotatable bonds is 64. The van der Waals surface area contributed by atoms with Crippen molar-refractivity contribution >= 4 is 25.7 Å². The summed E-state index contributed by atoms with van der Waals surface area (Å²) < 4.78 is 65.2. The highest BCUT2D eigenvalue weighted by atomic mass is 31.2. The maximum atomic E-state index is 14.4.